The van der Waals surface area contributed by atoms with Crippen molar-refractivity contribution in [3.8, 4) is 0 Å². The number of carbonyl (C=O) groups is 4. The first-order chi connectivity index (χ1) is 26.9. The van der Waals surface area contributed by atoms with Crippen molar-refractivity contribution in [1.29, 1.82) is 0 Å². The highest BCUT2D eigenvalue weighted by molar-refractivity contribution is 5.79. The Bertz CT molecular complexity index is 1550. The van der Waals surface area contributed by atoms with Gasteiger partial charge in [-0.05, 0) is 188 Å². The number of esters is 4. The molecular weight excluding hydrogens is 733 g/mol. The number of carbonyl (C=O) groups excluding carboxylic acids is 4. The van der Waals surface area contributed by atoms with Crippen molar-refractivity contribution in [2.75, 3.05) is 0 Å². The van der Waals surface area contributed by atoms with E-state index in [1.54, 1.807) is 0 Å². The molecule has 1 saturated heterocycles. The average Bonchev–Trinajstić information content (AvgIpc) is 3.76. The predicted octanol–water partition coefficient (Wildman–Crippen LogP) is 9.93. The summed E-state index contributed by atoms with van der Waals surface area (Å²) in [6.45, 7) is 22.1. The van der Waals surface area contributed by atoms with Gasteiger partial charge in [-0.2, -0.15) is 0 Å². The lowest BCUT2D eigenvalue weighted by atomic mass is 9.46. The van der Waals surface area contributed by atoms with E-state index in [-0.39, 0.29) is 64.0 Å². The molecule has 1 heterocycles. The van der Waals surface area contributed by atoms with Gasteiger partial charge >= 0.3 is 23.9 Å². The third-order valence-electron chi connectivity index (χ3n) is 17.9. The molecule has 10 bridgehead atoms. The Morgan fingerprint density at radius 2 is 1.14 bits per heavy atom. The molecule has 0 aromatic carbocycles. The Morgan fingerprint density at radius 3 is 1.64 bits per heavy atom. The van der Waals surface area contributed by atoms with Crippen LogP contribution in [0.25, 0.3) is 0 Å². The molecule has 0 radical (unpaired) electrons. The van der Waals surface area contributed by atoms with Crippen molar-refractivity contribution in [3.63, 3.8) is 0 Å². The maximum atomic E-state index is 12.6. The normalized spacial score (nSPS) is 41.3. The minimum Gasteiger partial charge on any atom is -0.459 e. The van der Waals surface area contributed by atoms with Crippen LogP contribution in [0, 0.1) is 69.0 Å². The summed E-state index contributed by atoms with van der Waals surface area (Å²) in [5, 5.41) is 10.6. The van der Waals surface area contributed by atoms with Crippen LogP contribution < -0.4 is 0 Å². The fourth-order valence-corrected chi connectivity index (χ4v) is 13.7. The molecule has 58 heavy (non-hydrogen) atoms. The van der Waals surface area contributed by atoms with Crippen molar-refractivity contribution in [1.82, 2.24) is 0 Å². The van der Waals surface area contributed by atoms with Crippen molar-refractivity contribution < 1.29 is 43.2 Å². The third-order valence-corrected chi connectivity index (χ3v) is 17.9. The molecule has 10 aliphatic carbocycles. The molecule has 11 fully saturated rings. The molecule has 11 rings (SSSR count). The molecule has 0 aromatic heterocycles. The zero-order chi connectivity index (χ0) is 42.4. The van der Waals surface area contributed by atoms with E-state index in [0.717, 1.165) is 75.5 Å². The monoisotopic (exact) mass is 811 g/mol. The zero-order valence-corrected chi connectivity index (χ0v) is 38.0. The van der Waals surface area contributed by atoms with E-state index >= 15 is 0 Å². The van der Waals surface area contributed by atoms with E-state index in [1.165, 1.54) is 44.9 Å². The molecule has 0 aromatic rings. The van der Waals surface area contributed by atoms with E-state index in [4.69, 9.17) is 18.9 Å². The summed E-state index contributed by atoms with van der Waals surface area (Å²) in [7, 11) is 0. The molecular formula is C49H78O9. The fraction of sp³-hybridized carbons (Fsp3) is 0.918. The summed E-state index contributed by atoms with van der Waals surface area (Å²) < 4.78 is 23.2. The quantitative estimate of drug-likeness (QED) is 0.170. The lowest BCUT2D eigenvalue weighted by Crippen LogP contribution is -2.61. The average molecular weight is 811 g/mol. The van der Waals surface area contributed by atoms with Crippen molar-refractivity contribution in [3.05, 3.63) is 0 Å². The van der Waals surface area contributed by atoms with Gasteiger partial charge in [-0.1, -0.05) is 20.8 Å². The first-order valence-electron chi connectivity index (χ1n) is 23.5. The summed E-state index contributed by atoms with van der Waals surface area (Å²) in [6, 6.07) is 0. The molecule has 9 heteroatoms. The highest BCUT2D eigenvalue weighted by Crippen LogP contribution is 2.65. The number of hydrogen-bond donors (Lipinski definition) is 1. The van der Waals surface area contributed by atoms with Gasteiger partial charge in [0.25, 0.3) is 0 Å². The fourth-order valence-electron chi connectivity index (χ4n) is 13.7. The molecule has 0 spiro atoms. The van der Waals surface area contributed by atoms with Crippen LogP contribution in [0.4, 0.5) is 0 Å². The molecule has 11 aliphatic rings. The number of rotatable bonds is 10. The highest BCUT2D eigenvalue weighted by atomic mass is 16.6. The Morgan fingerprint density at radius 1 is 0.655 bits per heavy atom. The lowest BCUT2D eigenvalue weighted by molar-refractivity contribution is -0.225. The van der Waals surface area contributed by atoms with Crippen LogP contribution in [0.1, 0.15) is 185 Å². The second kappa shape index (κ2) is 15.0. The molecule has 1 N–H and O–H groups in total. The summed E-state index contributed by atoms with van der Waals surface area (Å²) in [4.78, 5) is 48.7. The number of ether oxygens (including phenoxy) is 4. The van der Waals surface area contributed by atoms with Gasteiger partial charge in [0, 0.05) is 23.7 Å². The minimum absolute atomic E-state index is 0.00857. The van der Waals surface area contributed by atoms with E-state index < -0.39 is 16.4 Å². The molecule has 9 nitrogen and oxygen atoms in total. The molecule has 10 saturated carbocycles. The van der Waals surface area contributed by atoms with E-state index in [2.05, 4.69) is 20.8 Å². The smallest absolute Gasteiger partial charge is 0.312 e. The second-order valence-corrected chi connectivity index (χ2v) is 23.8. The van der Waals surface area contributed by atoms with Crippen LogP contribution in [0.5, 0.6) is 0 Å². The number of fused-ring (bicyclic) bond motifs is 1. The van der Waals surface area contributed by atoms with E-state index in [1.807, 2.05) is 55.4 Å². The van der Waals surface area contributed by atoms with Gasteiger partial charge in [-0.3, -0.25) is 19.2 Å². The van der Waals surface area contributed by atoms with E-state index in [0.29, 0.717) is 30.1 Å². The summed E-state index contributed by atoms with van der Waals surface area (Å²) in [5.74, 6) is 4.17. The van der Waals surface area contributed by atoms with Crippen LogP contribution in [-0.2, 0) is 38.1 Å². The molecule has 0 amide bonds. The summed E-state index contributed by atoms with van der Waals surface area (Å²) in [6.07, 6.45) is 17.6. The maximum Gasteiger partial charge on any atom is 0.312 e. The Kier molecular flexibility index (Phi) is 11.4. The van der Waals surface area contributed by atoms with Crippen molar-refractivity contribution >= 4 is 23.9 Å². The van der Waals surface area contributed by atoms with Crippen LogP contribution in [-0.4, -0.2) is 58.0 Å². The van der Waals surface area contributed by atoms with Crippen LogP contribution >= 0.6 is 0 Å². The Hall–Kier alpha value is -2.16. The van der Waals surface area contributed by atoms with Crippen molar-refractivity contribution in [2.24, 2.45) is 69.0 Å². The molecule has 7 unspecified atom stereocenters. The van der Waals surface area contributed by atoms with Gasteiger partial charge in [0.05, 0.1) is 27.8 Å². The number of hydrogen-bond acceptors (Lipinski definition) is 9. The van der Waals surface area contributed by atoms with Gasteiger partial charge in [0.15, 0.2) is 0 Å². The molecule has 7 atom stereocenters. The molecule has 1 aliphatic heterocycles. The first-order valence-corrected chi connectivity index (χ1v) is 23.5. The lowest BCUT2D eigenvalue weighted by Gasteiger charge is -2.61. The van der Waals surface area contributed by atoms with Crippen LogP contribution in [0.3, 0.4) is 0 Å². The van der Waals surface area contributed by atoms with E-state index in [9.17, 15) is 24.3 Å². The minimum atomic E-state index is -0.555. The van der Waals surface area contributed by atoms with Crippen LogP contribution in [0.2, 0.25) is 0 Å². The predicted molar refractivity (Wildman–Crippen MR) is 221 cm³/mol. The van der Waals surface area contributed by atoms with Gasteiger partial charge in [-0.15, -0.1) is 0 Å². The third kappa shape index (κ3) is 8.03. The molecule has 328 valence electrons. The zero-order valence-electron chi connectivity index (χ0n) is 38.0. The van der Waals surface area contributed by atoms with Gasteiger partial charge < -0.3 is 24.1 Å². The second-order valence-electron chi connectivity index (χ2n) is 23.8. The SMILES string of the molecule is CCC(C)(C)C(=O)OC(C)(C)C12CC3CC(CC(C3)C1)C2.CCC(C)(C)C(=O)OC12CC3CC(CC(O)(C3)C1)C2.CCC(C)(C)C(=O)OC1C2CC3C(=O)OC1C3C2. The van der Waals surface area contributed by atoms with Crippen molar-refractivity contribution in [2.45, 2.75) is 214 Å². The largest absolute Gasteiger partial charge is 0.459 e. The highest BCUT2D eigenvalue weighted by Gasteiger charge is 2.64. The Labute approximate surface area is 349 Å². The maximum absolute atomic E-state index is 12.6. The number of aliphatic hydroxyl groups is 1. The standard InChI is InChI=1S/C19H32O2.C16H26O3.C14H20O4/c1-6-17(2,3)16(20)21-18(4,5)19-10-13-7-14(11-19)9-15(8-13)12-19;1-4-14(2,3)13(17)19-16-8-11-5-12(9-16)7-15(18,6-11)10-16;1-4-14(2,3)13(16)18-10-7-5-8-9(6-7)12(15)17-11(8)10/h13-15H,6-12H2,1-5H3;11-12,18H,4-10H2,1-3H3;7-11H,4-6H2,1-3H3. The summed E-state index contributed by atoms with van der Waals surface area (Å²) >= 11 is 0. The van der Waals surface area contributed by atoms with Gasteiger partial charge in [0.1, 0.15) is 23.4 Å². The van der Waals surface area contributed by atoms with Gasteiger partial charge in [-0.25, -0.2) is 0 Å². The topological polar surface area (TPSA) is 125 Å². The van der Waals surface area contributed by atoms with Gasteiger partial charge in [0.2, 0.25) is 0 Å². The Balaban J connectivity index is 0.000000133. The van der Waals surface area contributed by atoms with Crippen LogP contribution in [0.15, 0.2) is 0 Å². The summed E-state index contributed by atoms with van der Waals surface area (Å²) in [5.41, 5.74) is -2.20. The first kappa shape index (κ1) is 43.9.